The number of fused-ring (bicyclic) bond motifs is 1. The van der Waals surface area contributed by atoms with Crippen molar-refractivity contribution in [3.63, 3.8) is 0 Å². The molecule has 0 aliphatic rings. The molecule has 106 valence electrons. The minimum absolute atomic E-state index is 0.0745. The van der Waals surface area contributed by atoms with Crippen LogP contribution in [0.1, 0.15) is 29.5 Å². The zero-order valence-electron chi connectivity index (χ0n) is 10.9. The van der Waals surface area contributed by atoms with Gasteiger partial charge in [0.1, 0.15) is 11.3 Å². The molecule has 0 saturated heterocycles. The Kier molecular flexibility index (Phi) is 4.24. The summed E-state index contributed by atoms with van der Waals surface area (Å²) in [5.74, 6) is -1.31. The van der Waals surface area contributed by atoms with Crippen molar-refractivity contribution in [2.45, 2.75) is 19.8 Å². The van der Waals surface area contributed by atoms with Crippen LogP contribution in [0, 0.1) is 0 Å². The van der Waals surface area contributed by atoms with E-state index < -0.39 is 5.97 Å². The molecule has 0 bridgehead atoms. The van der Waals surface area contributed by atoms with Crippen LogP contribution in [0.2, 0.25) is 5.02 Å². The van der Waals surface area contributed by atoms with Crippen molar-refractivity contribution >= 4 is 29.1 Å². The van der Waals surface area contributed by atoms with Crippen LogP contribution in [-0.2, 0) is 11.2 Å². The minimum Gasteiger partial charge on any atom is -0.481 e. The SMILES string of the molecule is CCc1nc2ccc(Cl)cn2c1C(=O)NCCC(=O)O. The fourth-order valence-electron chi connectivity index (χ4n) is 1.92. The van der Waals surface area contributed by atoms with Crippen LogP contribution in [0.15, 0.2) is 18.3 Å². The molecule has 0 spiro atoms. The average Bonchev–Trinajstić information content (AvgIpc) is 2.75. The van der Waals surface area contributed by atoms with Crippen LogP contribution in [0.3, 0.4) is 0 Å². The number of hydrogen-bond acceptors (Lipinski definition) is 3. The van der Waals surface area contributed by atoms with E-state index in [4.69, 9.17) is 16.7 Å². The highest BCUT2D eigenvalue weighted by molar-refractivity contribution is 6.30. The van der Waals surface area contributed by atoms with Crippen molar-refractivity contribution in [1.29, 1.82) is 0 Å². The number of carboxylic acid groups (broad SMARTS) is 1. The molecule has 1 amide bonds. The van der Waals surface area contributed by atoms with E-state index in [9.17, 15) is 9.59 Å². The lowest BCUT2D eigenvalue weighted by atomic mass is 10.2. The lowest BCUT2D eigenvalue weighted by molar-refractivity contribution is -0.136. The molecule has 2 rings (SSSR count). The van der Waals surface area contributed by atoms with E-state index in [2.05, 4.69) is 10.3 Å². The number of nitrogens with zero attached hydrogens (tertiary/aromatic N) is 2. The molecule has 0 aromatic carbocycles. The van der Waals surface area contributed by atoms with Crippen molar-refractivity contribution in [2.24, 2.45) is 0 Å². The lowest BCUT2D eigenvalue weighted by Crippen LogP contribution is -2.28. The Bertz CT molecular complexity index is 666. The summed E-state index contributed by atoms with van der Waals surface area (Å²) in [6, 6.07) is 3.44. The lowest BCUT2D eigenvalue weighted by Gasteiger charge is -2.05. The second-order valence-corrected chi connectivity index (χ2v) is 4.67. The van der Waals surface area contributed by atoms with Crippen LogP contribution in [0.5, 0.6) is 0 Å². The molecule has 0 unspecified atom stereocenters. The van der Waals surface area contributed by atoms with E-state index in [0.29, 0.717) is 28.5 Å². The summed E-state index contributed by atoms with van der Waals surface area (Å²) in [5.41, 5.74) is 1.69. The molecule has 0 aliphatic carbocycles. The van der Waals surface area contributed by atoms with Crippen molar-refractivity contribution in [3.8, 4) is 0 Å². The van der Waals surface area contributed by atoms with Crippen LogP contribution >= 0.6 is 11.6 Å². The quantitative estimate of drug-likeness (QED) is 0.880. The first-order valence-corrected chi connectivity index (χ1v) is 6.57. The Hall–Kier alpha value is -2.08. The highest BCUT2D eigenvalue weighted by Gasteiger charge is 2.18. The Morgan fingerprint density at radius 3 is 2.85 bits per heavy atom. The Labute approximate surface area is 120 Å². The topological polar surface area (TPSA) is 83.7 Å². The number of pyridine rings is 1. The summed E-state index contributed by atoms with van der Waals surface area (Å²) < 4.78 is 1.62. The molecule has 0 aliphatic heterocycles. The summed E-state index contributed by atoms with van der Waals surface area (Å²) in [7, 11) is 0. The Morgan fingerprint density at radius 1 is 1.45 bits per heavy atom. The summed E-state index contributed by atoms with van der Waals surface area (Å²) in [4.78, 5) is 27.0. The van der Waals surface area contributed by atoms with E-state index in [0.717, 1.165) is 0 Å². The monoisotopic (exact) mass is 295 g/mol. The second kappa shape index (κ2) is 5.92. The molecule has 2 heterocycles. The molecule has 7 heteroatoms. The number of imidazole rings is 1. The maximum atomic E-state index is 12.2. The predicted octanol–water partition coefficient (Wildman–Crippen LogP) is 1.75. The molecule has 2 aromatic heterocycles. The number of carbonyl (C=O) groups is 2. The Morgan fingerprint density at radius 2 is 2.20 bits per heavy atom. The molecule has 0 saturated carbocycles. The van der Waals surface area contributed by atoms with Gasteiger partial charge in [0.05, 0.1) is 17.1 Å². The number of hydrogen-bond donors (Lipinski definition) is 2. The van der Waals surface area contributed by atoms with Crippen molar-refractivity contribution < 1.29 is 14.7 Å². The smallest absolute Gasteiger partial charge is 0.305 e. The third-order valence-electron chi connectivity index (χ3n) is 2.83. The van der Waals surface area contributed by atoms with Crippen molar-refractivity contribution in [1.82, 2.24) is 14.7 Å². The number of aryl methyl sites for hydroxylation is 1. The zero-order chi connectivity index (χ0) is 14.7. The van der Waals surface area contributed by atoms with E-state index >= 15 is 0 Å². The number of amides is 1. The van der Waals surface area contributed by atoms with Gasteiger partial charge in [-0.15, -0.1) is 0 Å². The first kappa shape index (κ1) is 14.3. The minimum atomic E-state index is -0.956. The van der Waals surface area contributed by atoms with Gasteiger partial charge in [0.25, 0.3) is 5.91 Å². The van der Waals surface area contributed by atoms with Gasteiger partial charge >= 0.3 is 5.97 Å². The summed E-state index contributed by atoms with van der Waals surface area (Å²) >= 11 is 5.94. The molecule has 20 heavy (non-hydrogen) atoms. The second-order valence-electron chi connectivity index (χ2n) is 4.24. The van der Waals surface area contributed by atoms with Gasteiger partial charge in [-0.05, 0) is 18.6 Å². The van der Waals surface area contributed by atoms with Gasteiger partial charge in [-0.3, -0.25) is 14.0 Å². The normalized spacial score (nSPS) is 10.7. The summed E-state index contributed by atoms with van der Waals surface area (Å²) in [5, 5.41) is 11.7. The highest BCUT2D eigenvalue weighted by Crippen LogP contribution is 2.17. The number of aromatic nitrogens is 2. The number of rotatable bonds is 5. The molecule has 2 aromatic rings. The van der Waals surface area contributed by atoms with Gasteiger partial charge in [-0.1, -0.05) is 18.5 Å². The van der Waals surface area contributed by atoms with Crippen LogP contribution in [-0.4, -0.2) is 32.9 Å². The van der Waals surface area contributed by atoms with E-state index in [1.807, 2.05) is 6.92 Å². The molecule has 0 radical (unpaired) electrons. The summed E-state index contributed by atoms with van der Waals surface area (Å²) in [6.07, 6.45) is 2.10. The average molecular weight is 296 g/mol. The van der Waals surface area contributed by atoms with Crippen LogP contribution < -0.4 is 5.32 Å². The largest absolute Gasteiger partial charge is 0.481 e. The van der Waals surface area contributed by atoms with Gasteiger partial charge in [0.2, 0.25) is 0 Å². The highest BCUT2D eigenvalue weighted by atomic mass is 35.5. The number of aliphatic carboxylic acids is 1. The standard InChI is InChI=1S/C13H14ClN3O3/c1-2-9-12(13(20)15-6-5-11(18)19)17-7-8(14)3-4-10(17)16-9/h3-4,7H,2,5-6H2,1H3,(H,15,20)(H,18,19). The first-order chi connectivity index (χ1) is 9.52. The van der Waals surface area contributed by atoms with Crippen molar-refractivity contribution in [2.75, 3.05) is 6.54 Å². The van der Waals surface area contributed by atoms with Gasteiger partial charge in [0, 0.05) is 12.7 Å². The molecule has 6 nitrogen and oxygen atoms in total. The van der Waals surface area contributed by atoms with Crippen molar-refractivity contribution in [3.05, 3.63) is 34.7 Å². The fraction of sp³-hybridized carbons (Fsp3) is 0.308. The van der Waals surface area contributed by atoms with Gasteiger partial charge in [-0.25, -0.2) is 4.98 Å². The number of nitrogens with one attached hydrogen (secondary N) is 1. The molecular weight excluding hydrogens is 282 g/mol. The van der Waals surface area contributed by atoms with Gasteiger partial charge < -0.3 is 10.4 Å². The van der Waals surface area contributed by atoms with E-state index in [1.165, 1.54) is 0 Å². The van der Waals surface area contributed by atoms with Crippen LogP contribution in [0.25, 0.3) is 5.65 Å². The number of carbonyl (C=O) groups excluding carboxylic acids is 1. The number of carboxylic acids is 1. The molecule has 2 N–H and O–H groups in total. The Balaban J connectivity index is 2.33. The van der Waals surface area contributed by atoms with Crippen LogP contribution in [0.4, 0.5) is 0 Å². The summed E-state index contributed by atoms with van der Waals surface area (Å²) in [6.45, 7) is 1.97. The molecule has 0 atom stereocenters. The maximum absolute atomic E-state index is 12.2. The fourth-order valence-corrected chi connectivity index (χ4v) is 2.08. The van der Waals surface area contributed by atoms with Gasteiger partial charge in [0.15, 0.2) is 0 Å². The molecular formula is C13H14ClN3O3. The maximum Gasteiger partial charge on any atom is 0.305 e. The zero-order valence-corrected chi connectivity index (χ0v) is 11.6. The van der Waals surface area contributed by atoms with E-state index in [-0.39, 0.29) is 18.9 Å². The molecule has 0 fully saturated rings. The van der Waals surface area contributed by atoms with Gasteiger partial charge in [-0.2, -0.15) is 0 Å². The third kappa shape index (κ3) is 2.91. The first-order valence-electron chi connectivity index (χ1n) is 6.19. The number of halogens is 1. The third-order valence-corrected chi connectivity index (χ3v) is 3.05. The van der Waals surface area contributed by atoms with E-state index in [1.54, 1.807) is 22.7 Å². The predicted molar refractivity (Wildman–Crippen MR) is 74.2 cm³/mol.